The van der Waals surface area contributed by atoms with Gasteiger partial charge in [0.15, 0.2) is 5.96 Å². The SMILES string of the molecule is NC(=O)NCc1ccc(CNC(=O)C(CCCN=C(N)N)NC(=O)C(c2ccc(F)cc2)c2ccc(F)cc2)cc1. The van der Waals surface area contributed by atoms with Gasteiger partial charge in [-0.25, -0.2) is 13.6 Å². The van der Waals surface area contributed by atoms with Gasteiger partial charge in [0.2, 0.25) is 11.8 Å². The second-order valence-corrected chi connectivity index (χ2v) is 9.30. The zero-order valence-corrected chi connectivity index (χ0v) is 22.3. The molecule has 41 heavy (non-hydrogen) atoms. The van der Waals surface area contributed by atoms with Gasteiger partial charge in [-0.3, -0.25) is 14.6 Å². The monoisotopic (exact) mass is 565 g/mol. The number of guanidine groups is 1. The molecule has 4 amide bonds. The number of nitrogens with one attached hydrogen (secondary N) is 3. The van der Waals surface area contributed by atoms with Gasteiger partial charge in [-0.05, 0) is 59.4 Å². The number of nitrogens with zero attached hydrogens (tertiary/aromatic N) is 1. The number of carbonyl (C=O) groups is 3. The van der Waals surface area contributed by atoms with Crippen molar-refractivity contribution in [2.45, 2.75) is 37.9 Å². The van der Waals surface area contributed by atoms with Crippen LogP contribution in [0, 0.1) is 11.6 Å². The van der Waals surface area contributed by atoms with Crippen LogP contribution in [-0.4, -0.2) is 36.4 Å². The Bertz CT molecular complexity index is 1300. The molecule has 0 fully saturated rings. The van der Waals surface area contributed by atoms with Gasteiger partial charge in [-0.2, -0.15) is 0 Å². The number of rotatable bonds is 13. The first-order valence-corrected chi connectivity index (χ1v) is 12.9. The van der Waals surface area contributed by atoms with Gasteiger partial charge in [0.25, 0.3) is 0 Å². The van der Waals surface area contributed by atoms with Gasteiger partial charge >= 0.3 is 6.03 Å². The fourth-order valence-electron chi connectivity index (χ4n) is 4.11. The highest BCUT2D eigenvalue weighted by molar-refractivity contribution is 5.92. The summed E-state index contributed by atoms with van der Waals surface area (Å²) in [7, 11) is 0. The Labute approximate surface area is 236 Å². The molecule has 3 aromatic carbocycles. The number of aliphatic imine (C=N–C) groups is 1. The fourth-order valence-corrected chi connectivity index (χ4v) is 4.11. The molecular weight excluding hydrogens is 532 g/mol. The molecule has 0 saturated heterocycles. The first kappa shape index (κ1) is 30.5. The average Bonchev–Trinajstić information content (AvgIpc) is 2.94. The third-order valence-electron chi connectivity index (χ3n) is 6.20. The Morgan fingerprint density at radius 3 is 1.66 bits per heavy atom. The molecule has 216 valence electrons. The maximum atomic E-state index is 13.6. The van der Waals surface area contributed by atoms with Crippen LogP contribution in [-0.2, 0) is 22.7 Å². The van der Waals surface area contributed by atoms with Crippen LogP contribution in [0.1, 0.15) is 41.0 Å². The van der Waals surface area contributed by atoms with Crippen LogP contribution >= 0.6 is 0 Å². The standard InChI is InChI=1S/C29H33F2N7O3/c30-22-11-7-20(8-12-22)25(21-9-13-23(31)14-10-21)27(40)38-24(2-1-15-35-28(32)33)26(39)36-16-18-3-5-19(6-4-18)17-37-29(34)41/h3-14,24-25H,1-2,15-17H2,(H,36,39)(H,38,40)(H4,32,33,35)(H3,34,37,41). The van der Waals surface area contributed by atoms with E-state index in [9.17, 15) is 23.2 Å². The number of carbonyl (C=O) groups excluding carboxylic acids is 3. The smallest absolute Gasteiger partial charge is 0.312 e. The van der Waals surface area contributed by atoms with Crippen molar-refractivity contribution in [1.82, 2.24) is 16.0 Å². The van der Waals surface area contributed by atoms with Crippen molar-refractivity contribution in [1.29, 1.82) is 0 Å². The zero-order chi connectivity index (χ0) is 29.8. The summed E-state index contributed by atoms with van der Waals surface area (Å²) < 4.78 is 27.2. The van der Waals surface area contributed by atoms with E-state index in [-0.39, 0.29) is 32.0 Å². The minimum absolute atomic E-state index is 0.0859. The molecule has 0 aliphatic heterocycles. The first-order chi connectivity index (χ1) is 19.6. The summed E-state index contributed by atoms with van der Waals surface area (Å²) in [5.41, 5.74) is 18.5. The van der Waals surface area contributed by atoms with E-state index in [4.69, 9.17) is 17.2 Å². The lowest BCUT2D eigenvalue weighted by Crippen LogP contribution is -2.48. The topological polar surface area (TPSA) is 178 Å². The molecule has 0 heterocycles. The average molecular weight is 566 g/mol. The number of benzene rings is 3. The van der Waals surface area contributed by atoms with Crippen molar-refractivity contribution >= 4 is 23.8 Å². The molecule has 10 nitrogen and oxygen atoms in total. The highest BCUT2D eigenvalue weighted by Crippen LogP contribution is 2.26. The number of hydrogen-bond donors (Lipinski definition) is 6. The van der Waals surface area contributed by atoms with Crippen LogP contribution in [0.15, 0.2) is 77.8 Å². The van der Waals surface area contributed by atoms with Crippen molar-refractivity contribution in [2.75, 3.05) is 6.54 Å². The lowest BCUT2D eigenvalue weighted by atomic mass is 9.90. The van der Waals surface area contributed by atoms with Crippen LogP contribution in [0.25, 0.3) is 0 Å². The number of primary amides is 1. The number of urea groups is 1. The van der Waals surface area contributed by atoms with Crippen molar-refractivity contribution < 1.29 is 23.2 Å². The van der Waals surface area contributed by atoms with Crippen LogP contribution in [0.5, 0.6) is 0 Å². The molecule has 3 aromatic rings. The molecule has 12 heteroatoms. The van der Waals surface area contributed by atoms with Crippen LogP contribution < -0.4 is 33.2 Å². The van der Waals surface area contributed by atoms with Crippen molar-refractivity contribution in [3.05, 3.63) is 107 Å². The largest absolute Gasteiger partial charge is 0.370 e. The summed E-state index contributed by atoms with van der Waals surface area (Å²) in [6, 6.07) is 16.4. The molecule has 0 aliphatic carbocycles. The van der Waals surface area contributed by atoms with E-state index < -0.39 is 41.4 Å². The second kappa shape index (κ2) is 15.0. The second-order valence-electron chi connectivity index (χ2n) is 9.30. The van der Waals surface area contributed by atoms with Crippen molar-refractivity contribution in [3.63, 3.8) is 0 Å². The summed E-state index contributed by atoms with van der Waals surface area (Å²) in [6.07, 6.45) is 0.626. The highest BCUT2D eigenvalue weighted by atomic mass is 19.1. The van der Waals surface area contributed by atoms with E-state index in [1.54, 1.807) is 24.3 Å². The predicted octanol–water partition coefficient (Wildman–Crippen LogP) is 2.12. The Balaban J connectivity index is 1.76. The Hall–Kier alpha value is -5.00. The molecule has 0 spiro atoms. The summed E-state index contributed by atoms with van der Waals surface area (Å²) >= 11 is 0. The number of nitrogens with two attached hydrogens (primary N) is 3. The first-order valence-electron chi connectivity index (χ1n) is 12.9. The molecular formula is C29H33F2N7O3. The minimum Gasteiger partial charge on any atom is -0.370 e. The van der Waals surface area contributed by atoms with Gasteiger partial charge < -0.3 is 33.2 Å². The summed E-state index contributed by atoms with van der Waals surface area (Å²) in [5, 5.41) is 8.13. The van der Waals surface area contributed by atoms with Gasteiger partial charge in [0.1, 0.15) is 17.7 Å². The lowest BCUT2D eigenvalue weighted by Gasteiger charge is -2.23. The molecule has 0 aliphatic rings. The number of hydrogen-bond acceptors (Lipinski definition) is 4. The summed E-state index contributed by atoms with van der Waals surface area (Å²) in [5.74, 6) is -2.90. The normalized spacial score (nSPS) is 11.4. The van der Waals surface area contributed by atoms with E-state index in [0.29, 0.717) is 17.5 Å². The van der Waals surface area contributed by atoms with Gasteiger partial charge in [0, 0.05) is 19.6 Å². The highest BCUT2D eigenvalue weighted by Gasteiger charge is 2.28. The summed E-state index contributed by atoms with van der Waals surface area (Å²) in [4.78, 5) is 41.7. The van der Waals surface area contributed by atoms with Crippen molar-refractivity contribution in [3.8, 4) is 0 Å². The molecule has 0 aromatic heterocycles. The molecule has 9 N–H and O–H groups in total. The maximum absolute atomic E-state index is 13.6. The van der Waals surface area contributed by atoms with Gasteiger partial charge in [-0.15, -0.1) is 0 Å². The van der Waals surface area contributed by atoms with Gasteiger partial charge in [-0.1, -0.05) is 48.5 Å². The molecule has 0 radical (unpaired) electrons. The molecule has 0 bridgehead atoms. The number of halogens is 2. The fraction of sp³-hybridized carbons (Fsp3) is 0.241. The van der Waals surface area contributed by atoms with Crippen LogP contribution in [0.3, 0.4) is 0 Å². The third-order valence-corrected chi connectivity index (χ3v) is 6.20. The lowest BCUT2D eigenvalue weighted by molar-refractivity contribution is -0.129. The third kappa shape index (κ3) is 9.92. The molecule has 1 unspecified atom stereocenters. The van der Waals surface area contributed by atoms with Gasteiger partial charge in [0.05, 0.1) is 5.92 Å². The van der Waals surface area contributed by atoms with Crippen molar-refractivity contribution in [2.24, 2.45) is 22.2 Å². The predicted molar refractivity (Wildman–Crippen MR) is 151 cm³/mol. The zero-order valence-electron chi connectivity index (χ0n) is 22.3. The summed E-state index contributed by atoms with van der Waals surface area (Å²) in [6.45, 7) is 0.708. The molecule has 0 saturated carbocycles. The van der Waals surface area contributed by atoms with E-state index in [0.717, 1.165) is 11.1 Å². The maximum Gasteiger partial charge on any atom is 0.312 e. The Kier molecular flexibility index (Phi) is 11.1. The minimum atomic E-state index is -0.945. The van der Waals surface area contributed by atoms with E-state index in [1.807, 2.05) is 0 Å². The van der Waals surface area contributed by atoms with Crippen LogP contribution in [0.4, 0.5) is 13.6 Å². The van der Waals surface area contributed by atoms with E-state index in [2.05, 4.69) is 20.9 Å². The Morgan fingerprint density at radius 2 is 1.20 bits per heavy atom. The molecule has 1 atom stereocenters. The van der Waals surface area contributed by atoms with Crippen LogP contribution in [0.2, 0.25) is 0 Å². The molecule has 3 rings (SSSR count). The Morgan fingerprint density at radius 1 is 0.707 bits per heavy atom. The van der Waals surface area contributed by atoms with E-state index in [1.165, 1.54) is 48.5 Å². The van der Waals surface area contributed by atoms with E-state index >= 15 is 0 Å². The quantitative estimate of drug-likeness (QED) is 0.105. The number of amides is 4.